The number of aliphatic hydroxyl groups is 1. The number of rotatable bonds is 11. The van der Waals surface area contributed by atoms with Crippen molar-refractivity contribution >= 4 is 17.4 Å². The SMILES string of the molecule is COc1ccc(/C(O)=C2\C(=O)C(=O)N(CCCN(C)C)C2c2ccc(OCc3ccccc3)c(OC)c2)cc1F. The van der Waals surface area contributed by atoms with Gasteiger partial charge in [0.1, 0.15) is 12.4 Å². The maximum atomic E-state index is 14.5. The summed E-state index contributed by atoms with van der Waals surface area (Å²) in [6.07, 6.45) is 0.600. The Morgan fingerprint density at radius 3 is 2.30 bits per heavy atom. The minimum absolute atomic E-state index is 0.00642. The minimum atomic E-state index is -0.913. The molecule has 8 nitrogen and oxygen atoms in total. The highest BCUT2D eigenvalue weighted by atomic mass is 19.1. The summed E-state index contributed by atoms with van der Waals surface area (Å²) in [6.45, 7) is 1.29. The van der Waals surface area contributed by atoms with Crippen LogP contribution in [-0.4, -0.2) is 68.0 Å². The van der Waals surface area contributed by atoms with Crippen molar-refractivity contribution in [2.24, 2.45) is 0 Å². The van der Waals surface area contributed by atoms with Gasteiger partial charge in [-0.3, -0.25) is 9.59 Å². The summed E-state index contributed by atoms with van der Waals surface area (Å²) < 4.78 is 31.0. The summed E-state index contributed by atoms with van der Waals surface area (Å²) in [5.74, 6) is -1.87. The number of likely N-dealkylation sites (tertiary alicyclic amines) is 1. The normalized spacial score (nSPS) is 16.4. The van der Waals surface area contributed by atoms with Gasteiger partial charge in [-0.25, -0.2) is 4.39 Å². The van der Waals surface area contributed by atoms with Gasteiger partial charge in [0.25, 0.3) is 11.7 Å². The molecule has 40 heavy (non-hydrogen) atoms. The molecule has 1 fully saturated rings. The Bertz CT molecular complexity index is 1410. The van der Waals surface area contributed by atoms with Gasteiger partial charge in [-0.2, -0.15) is 0 Å². The van der Waals surface area contributed by atoms with Gasteiger partial charge >= 0.3 is 0 Å². The smallest absolute Gasteiger partial charge is 0.295 e. The van der Waals surface area contributed by atoms with Gasteiger partial charge in [0.2, 0.25) is 0 Å². The Hall–Kier alpha value is -4.37. The van der Waals surface area contributed by atoms with E-state index in [9.17, 15) is 19.1 Å². The Morgan fingerprint density at radius 1 is 0.950 bits per heavy atom. The molecule has 1 atom stereocenters. The molecule has 1 heterocycles. The summed E-state index contributed by atoms with van der Waals surface area (Å²) in [6, 6.07) is 17.8. The fraction of sp³-hybridized carbons (Fsp3) is 0.290. The maximum absolute atomic E-state index is 14.5. The number of carbonyl (C=O) groups is 2. The van der Waals surface area contributed by atoms with Gasteiger partial charge in [0, 0.05) is 12.1 Å². The molecule has 0 radical (unpaired) electrons. The number of ketones is 1. The first-order chi connectivity index (χ1) is 19.2. The summed E-state index contributed by atoms with van der Waals surface area (Å²) in [4.78, 5) is 30.0. The lowest BCUT2D eigenvalue weighted by Gasteiger charge is -2.26. The highest BCUT2D eigenvalue weighted by Crippen LogP contribution is 2.42. The predicted octanol–water partition coefficient (Wildman–Crippen LogP) is 4.80. The molecule has 3 aromatic rings. The zero-order valence-electron chi connectivity index (χ0n) is 23.0. The molecular weight excluding hydrogens is 515 g/mol. The zero-order chi connectivity index (χ0) is 28.8. The lowest BCUT2D eigenvalue weighted by atomic mass is 9.94. The van der Waals surface area contributed by atoms with Crippen LogP contribution in [0.5, 0.6) is 17.2 Å². The first-order valence-electron chi connectivity index (χ1n) is 12.9. The lowest BCUT2D eigenvalue weighted by Crippen LogP contribution is -2.32. The van der Waals surface area contributed by atoms with Gasteiger partial charge in [-0.15, -0.1) is 0 Å². The molecule has 1 saturated heterocycles. The molecule has 1 N–H and O–H groups in total. The third-order valence-corrected chi connectivity index (χ3v) is 6.71. The lowest BCUT2D eigenvalue weighted by molar-refractivity contribution is -0.139. The molecule has 4 rings (SSSR count). The number of amides is 1. The molecule has 1 amide bonds. The second kappa shape index (κ2) is 12.7. The maximum Gasteiger partial charge on any atom is 0.295 e. The molecule has 9 heteroatoms. The van der Waals surface area contributed by atoms with Gasteiger partial charge in [-0.05, 0) is 68.5 Å². The molecule has 210 valence electrons. The van der Waals surface area contributed by atoms with E-state index in [-0.39, 0.29) is 23.4 Å². The van der Waals surface area contributed by atoms with E-state index in [0.29, 0.717) is 36.6 Å². The molecule has 0 saturated carbocycles. The van der Waals surface area contributed by atoms with Crippen LogP contribution in [0.4, 0.5) is 4.39 Å². The Balaban J connectivity index is 1.76. The highest BCUT2D eigenvalue weighted by Gasteiger charge is 2.46. The van der Waals surface area contributed by atoms with Crippen molar-refractivity contribution < 1.29 is 33.3 Å². The Morgan fingerprint density at radius 2 is 1.65 bits per heavy atom. The van der Waals surface area contributed by atoms with Crippen molar-refractivity contribution in [3.63, 3.8) is 0 Å². The van der Waals surface area contributed by atoms with Crippen LogP contribution in [0.3, 0.4) is 0 Å². The van der Waals surface area contributed by atoms with Crippen LogP contribution in [-0.2, 0) is 16.2 Å². The summed E-state index contributed by atoms with van der Waals surface area (Å²) in [5, 5.41) is 11.3. The van der Waals surface area contributed by atoms with Crippen LogP contribution < -0.4 is 14.2 Å². The first-order valence-corrected chi connectivity index (χ1v) is 12.9. The van der Waals surface area contributed by atoms with Gasteiger partial charge < -0.3 is 29.1 Å². The molecule has 1 aliphatic heterocycles. The van der Waals surface area contributed by atoms with Gasteiger partial charge in [0.05, 0.1) is 25.8 Å². The molecule has 3 aromatic carbocycles. The van der Waals surface area contributed by atoms with Crippen molar-refractivity contribution in [3.05, 3.63) is 94.8 Å². The molecule has 1 aliphatic rings. The average molecular weight is 549 g/mol. The first kappa shape index (κ1) is 28.6. The van der Waals surface area contributed by atoms with E-state index >= 15 is 0 Å². The molecule has 0 aliphatic carbocycles. The van der Waals surface area contributed by atoms with E-state index in [2.05, 4.69) is 0 Å². The summed E-state index contributed by atoms with van der Waals surface area (Å²) in [5.41, 5.74) is 1.46. The van der Waals surface area contributed by atoms with Gasteiger partial charge in [0.15, 0.2) is 23.1 Å². The van der Waals surface area contributed by atoms with Crippen molar-refractivity contribution in [3.8, 4) is 17.2 Å². The molecular formula is C31H33FN2O6. The number of hydrogen-bond acceptors (Lipinski definition) is 7. The largest absolute Gasteiger partial charge is 0.507 e. The quantitative estimate of drug-likeness (QED) is 0.209. The minimum Gasteiger partial charge on any atom is -0.507 e. The van der Waals surface area contributed by atoms with Crippen LogP contribution in [0, 0.1) is 5.82 Å². The molecule has 0 spiro atoms. The second-order valence-corrected chi connectivity index (χ2v) is 9.68. The summed E-state index contributed by atoms with van der Waals surface area (Å²) >= 11 is 0. The monoisotopic (exact) mass is 548 g/mol. The van der Waals surface area contributed by atoms with Crippen molar-refractivity contribution in [1.82, 2.24) is 9.80 Å². The molecule has 0 aromatic heterocycles. The number of carbonyl (C=O) groups excluding carboxylic acids is 2. The predicted molar refractivity (Wildman–Crippen MR) is 149 cm³/mol. The van der Waals surface area contributed by atoms with Crippen LogP contribution in [0.25, 0.3) is 5.76 Å². The van der Waals surface area contributed by atoms with Crippen molar-refractivity contribution in [1.29, 1.82) is 0 Å². The topological polar surface area (TPSA) is 88.5 Å². The van der Waals surface area contributed by atoms with Crippen LogP contribution in [0.15, 0.2) is 72.3 Å². The fourth-order valence-electron chi connectivity index (χ4n) is 4.69. The zero-order valence-corrected chi connectivity index (χ0v) is 23.0. The van der Waals surface area contributed by atoms with Crippen LogP contribution in [0.1, 0.15) is 29.2 Å². The van der Waals surface area contributed by atoms with E-state index < -0.39 is 29.3 Å². The van der Waals surface area contributed by atoms with E-state index in [1.54, 1.807) is 18.2 Å². The highest BCUT2D eigenvalue weighted by molar-refractivity contribution is 6.46. The number of nitrogens with zero attached hydrogens (tertiary/aromatic N) is 2. The number of Topliss-reactive ketones (excluding diaryl/α,β-unsaturated/α-hetero) is 1. The summed E-state index contributed by atoms with van der Waals surface area (Å²) in [7, 11) is 6.67. The third-order valence-electron chi connectivity index (χ3n) is 6.71. The van der Waals surface area contributed by atoms with E-state index in [4.69, 9.17) is 14.2 Å². The number of benzene rings is 3. The second-order valence-electron chi connectivity index (χ2n) is 9.68. The van der Waals surface area contributed by atoms with Crippen LogP contribution in [0.2, 0.25) is 0 Å². The number of methoxy groups -OCH3 is 2. The fourth-order valence-corrected chi connectivity index (χ4v) is 4.69. The van der Waals surface area contributed by atoms with E-state index in [0.717, 1.165) is 11.6 Å². The number of halogens is 1. The van der Waals surface area contributed by atoms with Gasteiger partial charge in [-0.1, -0.05) is 36.4 Å². The Labute approximate surface area is 233 Å². The van der Waals surface area contributed by atoms with E-state index in [1.807, 2.05) is 49.3 Å². The van der Waals surface area contributed by atoms with E-state index in [1.165, 1.54) is 31.3 Å². The van der Waals surface area contributed by atoms with Crippen molar-refractivity contribution in [2.45, 2.75) is 19.1 Å². The van der Waals surface area contributed by atoms with Crippen LogP contribution >= 0.6 is 0 Å². The molecule has 1 unspecified atom stereocenters. The molecule has 0 bridgehead atoms. The number of ether oxygens (including phenoxy) is 3. The van der Waals surface area contributed by atoms with Crippen molar-refractivity contribution in [2.75, 3.05) is 41.4 Å². The third kappa shape index (κ3) is 6.10. The number of hydrogen-bond donors (Lipinski definition) is 1. The standard InChI is InChI=1S/C31H33FN2O6/c1-33(2)15-8-16-34-28(21-11-14-25(26(18-21)39-4)40-19-20-9-6-5-7-10-20)27(30(36)31(34)37)29(35)22-12-13-24(38-3)23(32)17-22/h5-7,9-14,17-18,28,35H,8,15-16,19H2,1-4H3/b29-27+. The average Bonchev–Trinajstić information content (AvgIpc) is 3.21. The Kier molecular flexibility index (Phi) is 9.06. The number of aliphatic hydroxyl groups excluding tert-OH is 1.